The Morgan fingerprint density at radius 3 is 2.24 bits per heavy atom. The molecule has 8 nitrogen and oxygen atoms in total. The zero-order valence-electron chi connectivity index (χ0n) is 12.3. The average Bonchev–Trinajstić information content (AvgIpc) is 2.38. The van der Waals surface area contributed by atoms with Gasteiger partial charge >= 0.3 is 5.97 Å². The number of carbonyl (C=O) groups is 1. The second-order valence-corrected chi connectivity index (χ2v) is 6.47. The van der Waals surface area contributed by atoms with Crippen LogP contribution in [0, 0.1) is 5.41 Å². The molecule has 1 aliphatic rings. The van der Waals surface area contributed by atoms with E-state index < -0.39 is 54.1 Å². The minimum Gasteiger partial charge on any atom is -0.479 e. The standard InChI is InChI=1S/C13H24O8/c1-12(2,3)13(11(19)20)4-6(15)8(17)10(21-13)9(18)7(16)5-14/h6-10,14-18H,4-5H2,1-3H3,(H,19,20)/t6?,7-,8-,9-,10?,13-/m1/s1. The first-order valence-corrected chi connectivity index (χ1v) is 6.72. The van der Waals surface area contributed by atoms with Crippen molar-refractivity contribution >= 4 is 5.97 Å². The Morgan fingerprint density at radius 1 is 1.33 bits per heavy atom. The van der Waals surface area contributed by atoms with Gasteiger partial charge in [0.25, 0.3) is 0 Å². The molecule has 124 valence electrons. The van der Waals surface area contributed by atoms with Crippen LogP contribution in [0.2, 0.25) is 0 Å². The van der Waals surface area contributed by atoms with Crippen LogP contribution in [0.25, 0.3) is 0 Å². The van der Waals surface area contributed by atoms with Gasteiger partial charge in [-0.25, -0.2) is 4.79 Å². The third-order valence-electron chi connectivity index (χ3n) is 4.04. The Labute approximate surface area is 122 Å². The van der Waals surface area contributed by atoms with Gasteiger partial charge in [-0.3, -0.25) is 0 Å². The van der Waals surface area contributed by atoms with E-state index in [2.05, 4.69) is 0 Å². The summed E-state index contributed by atoms with van der Waals surface area (Å²) in [6, 6.07) is 0. The molecular weight excluding hydrogens is 284 g/mol. The van der Waals surface area contributed by atoms with Gasteiger partial charge in [-0.05, 0) is 0 Å². The Bertz CT molecular complexity index is 379. The minimum absolute atomic E-state index is 0.356. The molecule has 0 spiro atoms. The molecule has 2 unspecified atom stereocenters. The van der Waals surface area contributed by atoms with E-state index in [-0.39, 0.29) is 6.42 Å². The van der Waals surface area contributed by atoms with Gasteiger partial charge in [-0.1, -0.05) is 20.8 Å². The number of hydrogen-bond acceptors (Lipinski definition) is 7. The highest BCUT2D eigenvalue weighted by Gasteiger charge is 2.59. The fourth-order valence-electron chi connectivity index (χ4n) is 2.52. The highest BCUT2D eigenvalue weighted by atomic mass is 16.6. The molecule has 21 heavy (non-hydrogen) atoms. The Hall–Kier alpha value is -0.770. The number of aliphatic hydroxyl groups is 5. The van der Waals surface area contributed by atoms with Gasteiger partial charge in [-0.15, -0.1) is 0 Å². The summed E-state index contributed by atoms with van der Waals surface area (Å²) in [5.74, 6) is -1.34. The van der Waals surface area contributed by atoms with Crippen molar-refractivity contribution in [2.75, 3.05) is 6.61 Å². The average molecular weight is 308 g/mol. The fraction of sp³-hybridized carbons (Fsp3) is 0.923. The van der Waals surface area contributed by atoms with Crippen LogP contribution in [0.5, 0.6) is 0 Å². The first kappa shape index (κ1) is 18.3. The molecule has 0 aromatic carbocycles. The highest BCUT2D eigenvalue weighted by molar-refractivity contribution is 5.79. The molecular formula is C13H24O8. The van der Waals surface area contributed by atoms with Gasteiger partial charge in [0.15, 0.2) is 5.60 Å². The summed E-state index contributed by atoms with van der Waals surface area (Å²) in [6.07, 6.45) is -8.27. The summed E-state index contributed by atoms with van der Waals surface area (Å²) in [5, 5.41) is 57.6. The zero-order valence-corrected chi connectivity index (χ0v) is 12.3. The van der Waals surface area contributed by atoms with E-state index in [0.29, 0.717) is 0 Å². The molecule has 6 atom stereocenters. The van der Waals surface area contributed by atoms with Crippen molar-refractivity contribution in [2.45, 2.75) is 63.3 Å². The molecule has 0 aromatic rings. The summed E-state index contributed by atoms with van der Waals surface area (Å²) in [6.45, 7) is 3.99. The first-order valence-electron chi connectivity index (χ1n) is 6.72. The SMILES string of the molecule is CC(C)(C)[C@]1(C(=O)O)CC(O)[C@@H](O)C([C@H](O)[C@H](O)CO)O1. The third-order valence-corrected chi connectivity index (χ3v) is 4.04. The maximum atomic E-state index is 11.7. The number of aliphatic hydroxyl groups excluding tert-OH is 5. The largest absolute Gasteiger partial charge is 0.479 e. The van der Waals surface area contributed by atoms with E-state index >= 15 is 0 Å². The number of carboxylic acids is 1. The topological polar surface area (TPSA) is 148 Å². The van der Waals surface area contributed by atoms with Gasteiger partial charge in [0.05, 0.1) is 12.7 Å². The Kier molecular flexibility index (Phi) is 5.36. The number of carboxylic acid groups (broad SMARTS) is 1. The van der Waals surface area contributed by atoms with E-state index in [9.17, 15) is 30.3 Å². The molecule has 0 saturated carbocycles. The van der Waals surface area contributed by atoms with Gasteiger partial charge in [-0.2, -0.15) is 0 Å². The minimum atomic E-state index is -1.84. The maximum Gasteiger partial charge on any atom is 0.336 e. The highest BCUT2D eigenvalue weighted by Crippen LogP contribution is 2.43. The summed E-state index contributed by atoms with van der Waals surface area (Å²) < 4.78 is 5.44. The zero-order chi connectivity index (χ0) is 16.6. The van der Waals surface area contributed by atoms with Crippen molar-refractivity contribution in [3.05, 3.63) is 0 Å². The smallest absolute Gasteiger partial charge is 0.336 e. The van der Waals surface area contributed by atoms with E-state index in [4.69, 9.17) is 9.84 Å². The van der Waals surface area contributed by atoms with Gasteiger partial charge in [0, 0.05) is 11.8 Å². The lowest BCUT2D eigenvalue weighted by atomic mass is 9.70. The lowest BCUT2D eigenvalue weighted by molar-refractivity contribution is -0.275. The molecule has 1 saturated heterocycles. The summed E-state index contributed by atoms with van der Waals surface area (Å²) in [4.78, 5) is 11.7. The number of rotatable bonds is 4. The lowest BCUT2D eigenvalue weighted by Gasteiger charge is -2.50. The van der Waals surface area contributed by atoms with Crippen molar-refractivity contribution in [2.24, 2.45) is 5.41 Å². The number of ether oxygens (including phenoxy) is 1. The van der Waals surface area contributed by atoms with E-state index in [0.717, 1.165) is 0 Å². The fourth-order valence-corrected chi connectivity index (χ4v) is 2.52. The molecule has 8 heteroatoms. The molecule has 0 bridgehead atoms. The van der Waals surface area contributed by atoms with Crippen molar-refractivity contribution in [3.63, 3.8) is 0 Å². The van der Waals surface area contributed by atoms with Crippen LogP contribution in [0.1, 0.15) is 27.2 Å². The molecule has 0 aliphatic carbocycles. The predicted molar refractivity (Wildman–Crippen MR) is 70.4 cm³/mol. The first-order chi connectivity index (χ1) is 9.48. The van der Waals surface area contributed by atoms with E-state index in [1.165, 1.54) is 0 Å². The van der Waals surface area contributed by atoms with Gasteiger partial charge in [0.1, 0.15) is 24.4 Å². The van der Waals surface area contributed by atoms with Crippen molar-refractivity contribution < 1.29 is 40.2 Å². The second kappa shape index (κ2) is 6.15. The van der Waals surface area contributed by atoms with Crippen LogP contribution in [0.4, 0.5) is 0 Å². The molecule has 0 radical (unpaired) electrons. The van der Waals surface area contributed by atoms with Gasteiger partial charge in [0.2, 0.25) is 0 Å². The lowest BCUT2D eigenvalue weighted by Crippen LogP contribution is -2.66. The van der Waals surface area contributed by atoms with Crippen LogP contribution in [-0.4, -0.2) is 79.3 Å². The van der Waals surface area contributed by atoms with E-state index in [1.54, 1.807) is 20.8 Å². The molecule has 0 amide bonds. The third kappa shape index (κ3) is 3.20. The monoisotopic (exact) mass is 308 g/mol. The van der Waals surface area contributed by atoms with Crippen LogP contribution in [-0.2, 0) is 9.53 Å². The quantitative estimate of drug-likeness (QED) is 0.352. The van der Waals surface area contributed by atoms with Gasteiger partial charge < -0.3 is 35.4 Å². The number of aliphatic carboxylic acids is 1. The molecule has 1 rings (SSSR count). The predicted octanol–water partition coefficient (Wildman–Crippen LogP) is -1.92. The molecule has 0 aromatic heterocycles. The van der Waals surface area contributed by atoms with Crippen LogP contribution in [0.3, 0.4) is 0 Å². The Morgan fingerprint density at radius 2 is 1.86 bits per heavy atom. The molecule has 1 fully saturated rings. The van der Waals surface area contributed by atoms with Crippen molar-refractivity contribution in [3.8, 4) is 0 Å². The molecule has 1 aliphatic heterocycles. The maximum absolute atomic E-state index is 11.7. The second-order valence-electron chi connectivity index (χ2n) is 6.47. The summed E-state index contributed by atoms with van der Waals surface area (Å²) in [7, 11) is 0. The molecule has 6 N–H and O–H groups in total. The Balaban J connectivity index is 3.20. The molecule has 1 heterocycles. The van der Waals surface area contributed by atoms with Crippen LogP contribution < -0.4 is 0 Å². The summed E-state index contributed by atoms with van der Waals surface area (Å²) >= 11 is 0. The summed E-state index contributed by atoms with van der Waals surface area (Å²) in [5.41, 5.74) is -2.78. The van der Waals surface area contributed by atoms with E-state index in [1.807, 2.05) is 0 Å². The van der Waals surface area contributed by atoms with Crippen LogP contribution in [0.15, 0.2) is 0 Å². The normalized spacial score (nSPS) is 37.0. The van der Waals surface area contributed by atoms with Crippen molar-refractivity contribution in [1.82, 2.24) is 0 Å². The van der Waals surface area contributed by atoms with Crippen molar-refractivity contribution in [1.29, 1.82) is 0 Å². The number of hydrogen-bond donors (Lipinski definition) is 6. The van der Waals surface area contributed by atoms with Crippen LogP contribution >= 0.6 is 0 Å².